The van der Waals surface area contributed by atoms with Gasteiger partial charge in [0.25, 0.3) is 5.91 Å². The van der Waals surface area contributed by atoms with Crippen molar-refractivity contribution in [3.8, 4) is 11.5 Å². The van der Waals surface area contributed by atoms with Gasteiger partial charge in [0.2, 0.25) is 0 Å². The lowest BCUT2D eigenvalue weighted by Gasteiger charge is -2.34. The molecule has 3 aromatic rings. The number of amides is 1. The van der Waals surface area contributed by atoms with E-state index in [2.05, 4.69) is 11.9 Å². The van der Waals surface area contributed by atoms with E-state index < -0.39 is 6.17 Å². The first-order chi connectivity index (χ1) is 17.7. The smallest absolute Gasteiger partial charge is 0.276 e. The Morgan fingerprint density at radius 3 is 2.67 bits per heavy atom. The van der Waals surface area contributed by atoms with Gasteiger partial charge in [0.15, 0.2) is 22.8 Å². The molecule has 2 heterocycles. The SMILES string of the molecule is C=CCSC1=NN2C(=c3ccccc3=N[C@H]2c2ccc(OCc3ccccc3)c(OCC)c2)C(=O)N1. The van der Waals surface area contributed by atoms with Gasteiger partial charge in [-0.3, -0.25) is 15.1 Å². The lowest BCUT2D eigenvalue weighted by Crippen LogP contribution is -2.50. The molecule has 0 saturated carbocycles. The number of nitrogens with one attached hydrogen (secondary N) is 1. The topological polar surface area (TPSA) is 75.5 Å². The first-order valence-corrected chi connectivity index (χ1v) is 12.7. The number of hydrogen-bond acceptors (Lipinski definition) is 7. The van der Waals surface area contributed by atoms with Gasteiger partial charge >= 0.3 is 0 Å². The quantitative estimate of drug-likeness (QED) is 0.479. The molecule has 182 valence electrons. The molecule has 1 amide bonds. The van der Waals surface area contributed by atoms with Crippen LogP contribution in [0.3, 0.4) is 0 Å². The molecule has 0 radical (unpaired) electrons. The van der Waals surface area contributed by atoms with Crippen molar-refractivity contribution < 1.29 is 14.3 Å². The molecule has 1 N–H and O–H groups in total. The molecule has 3 aromatic carbocycles. The summed E-state index contributed by atoms with van der Waals surface area (Å²) in [6.07, 6.45) is 1.23. The number of rotatable bonds is 8. The number of carbonyl (C=O) groups excluding carboxylic acids is 1. The Kier molecular flexibility index (Phi) is 7.04. The molecular formula is C28H26N4O3S. The lowest BCUT2D eigenvalue weighted by molar-refractivity contribution is -0.116. The second-order valence-electron chi connectivity index (χ2n) is 8.09. The number of hydrogen-bond donors (Lipinski definition) is 1. The predicted octanol–water partition coefficient (Wildman–Crippen LogP) is 3.73. The Hall–Kier alpha value is -4.04. The molecular weight excluding hydrogens is 472 g/mol. The summed E-state index contributed by atoms with van der Waals surface area (Å²) < 4.78 is 12.0. The van der Waals surface area contributed by atoms with E-state index >= 15 is 0 Å². The largest absolute Gasteiger partial charge is 0.490 e. The van der Waals surface area contributed by atoms with E-state index in [9.17, 15) is 4.79 Å². The summed E-state index contributed by atoms with van der Waals surface area (Å²) in [6, 6.07) is 23.3. The number of thioether (sulfide) groups is 1. The van der Waals surface area contributed by atoms with Crippen molar-refractivity contribution in [3.05, 3.63) is 107 Å². The maximum Gasteiger partial charge on any atom is 0.276 e. The fraction of sp³-hybridized carbons (Fsp3) is 0.179. The highest BCUT2D eigenvalue weighted by Crippen LogP contribution is 2.36. The molecule has 7 nitrogen and oxygen atoms in total. The van der Waals surface area contributed by atoms with Crippen LogP contribution >= 0.6 is 11.8 Å². The molecule has 2 aliphatic rings. The maximum absolute atomic E-state index is 13.2. The number of nitrogens with zero attached hydrogens (tertiary/aromatic N) is 3. The second kappa shape index (κ2) is 10.7. The summed E-state index contributed by atoms with van der Waals surface area (Å²) in [5, 5.41) is 11.3. The molecule has 0 aliphatic carbocycles. The third-order valence-corrected chi connectivity index (χ3v) is 6.52. The zero-order valence-electron chi connectivity index (χ0n) is 19.9. The highest BCUT2D eigenvalue weighted by Gasteiger charge is 2.34. The number of benzene rings is 3. The summed E-state index contributed by atoms with van der Waals surface area (Å²) >= 11 is 1.41. The van der Waals surface area contributed by atoms with Crippen LogP contribution < -0.4 is 25.4 Å². The van der Waals surface area contributed by atoms with E-state index in [1.165, 1.54) is 11.8 Å². The zero-order chi connectivity index (χ0) is 24.9. The van der Waals surface area contributed by atoms with Crippen LogP contribution in [0.1, 0.15) is 24.2 Å². The Morgan fingerprint density at radius 1 is 1.06 bits per heavy atom. The van der Waals surface area contributed by atoms with Crippen LogP contribution in [-0.2, 0) is 11.4 Å². The summed E-state index contributed by atoms with van der Waals surface area (Å²) in [4.78, 5) is 18.2. The molecule has 2 aliphatic heterocycles. The van der Waals surface area contributed by atoms with Gasteiger partial charge in [-0.25, -0.2) is 5.01 Å². The number of hydrazone groups is 1. The van der Waals surface area contributed by atoms with Gasteiger partial charge in [0, 0.05) is 16.5 Å². The minimum absolute atomic E-state index is 0.211. The molecule has 1 atom stereocenters. The first kappa shape index (κ1) is 23.7. The predicted molar refractivity (Wildman–Crippen MR) is 142 cm³/mol. The van der Waals surface area contributed by atoms with Gasteiger partial charge in [0.05, 0.1) is 12.0 Å². The summed E-state index contributed by atoms with van der Waals surface area (Å²) in [5.41, 5.74) is 2.38. The highest BCUT2D eigenvalue weighted by atomic mass is 32.2. The molecule has 0 bridgehead atoms. The average Bonchev–Trinajstić information content (AvgIpc) is 2.91. The minimum atomic E-state index is -0.539. The highest BCUT2D eigenvalue weighted by molar-refractivity contribution is 8.14. The molecule has 0 unspecified atom stereocenters. The van der Waals surface area contributed by atoms with E-state index in [0.717, 1.165) is 21.7 Å². The summed E-state index contributed by atoms with van der Waals surface area (Å²) in [6.45, 7) is 6.61. The van der Waals surface area contributed by atoms with Crippen LogP contribution in [0, 0.1) is 0 Å². The lowest BCUT2D eigenvalue weighted by atomic mass is 10.1. The van der Waals surface area contributed by atoms with Crippen molar-refractivity contribution in [2.75, 3.05) is 12.4 Å². The van der Waals surface area contributed by atoms with Gasteiger partial charge < -0.3 is 9.47 Å². The fourth-order valence-electron chi connectivity index (χ4n) is 4.06. The number of fused-ring (bicyclic) bond motifs is 2. The Balaban J connectivity index is 1.54. The van der Waals surface area contributed by atoms with Crippen molar-refractivity contribution >= 4 is 28.5 Å². The maximum atomic E-state index is 13.2. The van der Waals surface area contributed by atoms with Gasteiger partial charge in [-0.2, -0.15) is 0 Å². The van der Waals surface area contributed by atoms with Crippen molar-refractivity contribution in [3.63, 3.8) is 0 Å². The molecule has 5 rings (SSSR count). The molecule has 0 fully saturated rings. The van der Waals surface area contributed by atoms with Crippen LogP contribution in [0.25, 0.3) is 5.70 Å². The summed E-state index contributed by atoms with van der Waals surface area (Å²) in [7, 11) is 0. The van der Waals surface area contributed by atoms with Crippen molar-refractivity contribution in [2.24, 2.45) is 10.1 Å². The van der Waals surface area contributed by atoms with Crippen LogP contribution in [0.15, 0.2) is 95.5 Å². The third kappa shape index (κ3) is 4.85. The number of ether oxygens (including phenoxy) is 2. The third-order valence-electron chi connectivity index (χ3n) is 5.66. The van der Waals surface area contributed by atoms with E-state index in [1.54, 1.807) is 11.1 Å². The average molecular weight is 499 g/mol. The fourth-order valence-corrected chi connectivity index (χ4v) is 4.64. The van der Waals surface area contributed by atoms with E-state index in [0.29, 0.717) is 41.3 Å². The molecule has 36 heavy (non-hydrogen) atoms. The standard InChI is InChI=1S/C28H26N4O3S/c1-3-16-36-28-30-27(33)25-21-12-8-9-13-22(21)29-26(32(25)31-28)20-14-15-23(24(17-20)34-4-2)35-18-19-10-6-5-7-11-19/h3,5-15,17,26H,1,4,16,18H2,2H3,(H,30,31,33)/t26-/m1/s1. The molecule has 8 heteroatoms. The Labute approximate surface area is 213 Å². The molecule has 0 aromatic heterocycles. The number of carbonyl (C=O) groups is 1. The van der Waals surface area contributed by atoms with Crippen LogP contribution in [0.4, 0.5) is 0 Å². The van der Waals surface area contributed by atoms with Crippen LogP contribution in [0.5, 0.6) is 11.5 Å². The van der Waals surface area contributed by atoms with Crippen LogP contribution in [-0.4, -0.2) is 28.4 Å². The Bertz CT molecular complexity index is 1440. The minimum Gasteiger partial charge on any atom is -0.490 e. The molecule has 0 spiro atoms. The normalized spacial score (nSPS) is 16.2. The first-order valence-electron chi connectivity index (χ1n) is 11.7. The van der Waals surface area contributed by atoms with Gasteiger partial charge in [-0.05, 0) is 30.7 Å². The van der Waals surface area contributed by atoms with Gasteiger partial charge in [0.1, 0.15) is 12.3 Å². The summed E-state index contributed by atoms with van der Waals surface area (Å²) in [5.74, 6) is 1.68. The zero-order valence-corrected chi connectivity index (χ0v) is 20.7. The van der Waals surface area contributed by atoms with E-state index in [-0.39, 0.29) is 5.91 Å². The van der Waals surface area contributed by atoms with Crippen molar-refractivity contribution in [2.45, 2.75) is 19.7 Å². The van der Waals surface area contributed by atoms with Gasteiger partial charge in [-0.1, -0.05) is 72.4 Å². The van der Waals surface area contributed by atoms with E-state index in [1.807, 2.05) is 79.7 Å². The number of amidine groups is 1. The van der Waals surface area contributed by atoms with E-state index in [4.69, 9.17) is 19.6 Å². The van der Waals surface area contributed by atoms with Crippen LogP contribution in [0.2, 0.25) is 0 Å². The molecule has 0 saturated heterocycles. The van der Waals surface area contributed by atoms with Gasteiger partial charge in [-0.15, -0.1) is 11.7 Å². The number of para-hydroxylation sites is 1. The van der Waals surface area contributed by atoms with Crippen molar-refractivity contribution in [1.29, 1.82) is 0 Å². The van der Waals surface area contributed by atoms with Crippen molar-refractivity contribution in [1.82, 2.24) is 10.3 Å². The Morgan fingerprint density at radius 2 is 1.86 bits per heavy atom. The monoisotopic (exact) mass is 498 g/mol. The second-order valence-corrected chi connectivity index (χ2v) is 9.09.